The monoisotopic (exact) mass is 555 g/mol. The standard InChI is InChI=1S/C20H26N7O10P/c1-9-5-26(19(31)22-17(9)29)15-3-11(24-25-21)14(36-15)8-38(33,34)37-12-4-16(35-13(12)7-28)27-6-10(2)18(30)23-20(27)32/h5-6,11-16,28H,3-4,7-8H2,1-2H3,(H,33,34)(H,22,29,31)(H,23,30,32)/t11?,12-,13+,14+,15+,16+/m0/s1. The molecule has 0 bridgehead atoms. The van der Waals surface area contributed by atoms with Crippen molar-refractivity contribution < 1.29 is 28.6 Å². The molecule has 4 heterocycles. The van der Waals surface area contributed by atoms with Gasteiger partial charge in [0.25, 0.3) is 11.1 Å². The van der Waals surface area contributed by atoms with Crippen LogP contribution in [0.2, 0.25) is 0 Å². The number of hydrogen-bond donors (Lipinski definition) is 4. The highest BCUT2D eigenvalue weighted by Gasteiger charge is 2.45. The summed E-state index contributed by atoms with van der Waals surface area (Å²) in [6.07, 6.45) is -3.45. The van der Waals surface area contributed by atoms with Crippen LogP contribution in [-0.2, 0) is 18.6 Å². The molecule has 4 rings (SSSR count). The Labute approximate surface area is 212 Å². The molecule has 0 spiro atoms. The molecule has 7 atom stereocenters. The molecular weight excluding hydrogens is 529 g/mol. The van der Waals surface area contributed by atoms with E-state index in [1.54, 1.807) is 0 Å². The first-order valence-electron chi connectivity index (χ1n) is 11.5. The van der Waals surface area contributed by atoms with Gasteiger partial charge in [0.2, 0.25) is 0 Å². The normalized spacial score (nSPS) is 28.6. The molecule has 2 aliphatic rings. The number of aryl methyl sites for hydroxylation is 2. The molecular formula is C20H26N7O10P. The summed E-state index contributed by atoms with van der Waals surface area (Å²) < 4.78 is 32.2. The molecule has 2 aromatic rings. The zero-order valence-electron chi connectivity index (χ0n) is 20.3. The number of aliphatic hydroxyl groups excluding tert-OH is 1. The summed E-state index contributed by atoms with van der Waals surface area (Å²) in [6, 6.07) is -0.933. The maximum atomic E-state index is 13.1. The molecule has 2 fully saturated rings. The van der Waals surface area contributed by atoms with Crippen LogP contribution in [0.4, 0.5) is 0 Å². The van der Waals surface area contributed by atoms with Gasteiger partial charge in [-0.05, 0) is 19.4 Å². The number of rotatable bonds is 8. The smallest absolute Gasteiger partial charge is 0.331 e. The fourth-order valence-corrected chi connectivity index (χ4v) is 5.98. The Kier molecular flexibility index (Phi) is 7.90. The molecule has 0 aromatic carbocycles. The van der Waals surface area contributed by atoms with E-state index in [9.17, 15) is 33.7 Å². The third-order valence-corrected chi connectivity index (χ3v) is 7.81. The molecule has 2 saturated heterocycles. The van der Waals surface area contributed by atoms with Crippen molar-refractivity contribution >= 4 is 7.60 Å². The minimum Gasteiger partial charge on any atom is -0.394 e. The molecule has 0 radical (unpaired) electrons. The van der Waals surface area contributed by atoms with Gasteiger partial charge in [0, 0.05) is 41.3 Å². The van der Waals surface area contributed by atoms with Gasteiger partial charge in [-0.1, -0.05) is 5.11 Å². The van der Waals surface area contributed by atoms with Crippen LogP contribution in [-0.4, -0.2) is 66.2 Å². The Morgan fingerprint density at radius 2 is 1.58 bits per heavy atom. The molecule has 0 amide bonds. The van der Waals surface area contributed by atoms with Crippen molar-refractivity contribution in [3.05, 3.63) is 75.6 Å². The molecule has 4 N–H and O–H groups in total. The average molecular weight is 555 g/mol. The van der Waals surface area contributed by atoms with E-state index in [1.807, 2.05) is 0 Å². The molecule has 206 valence electrons. The lowest BCUT2D eigenvalue weighted by atomic mass is 10.1. The van der Waals surface area contributed by atoms with E-state index >= 15 is 0 Å². The molecule has 2 aromatic heterocycles. The zero-order valence-corrected chi connectivity index (χ0v) is 21.2. The highest BCUT2D eigenvalue weighted by atomic mass is 31.2. The lowest BCUT2D eigenvalue weighted by Crippen LogP contribution is -2.33. The number of hydrogen-bond acceptors (Lipinski definition) is 10. The number of azide groups is 1. The Balaban J connectivity index is 1.51. The summed E-state index contributed by atoms with van der Waals surface area (Å²) in [6.45, 7) is 2.38. The van der Waals surface area contributed by atoms with E-state index in [0.29, 0.717) is 0 Å². The lowest BCUT2D eigenvalue weighted by molar-refractivity contribution is -0.0439. The van der Waals surface area contributed by atoms with Gasteiger partial charge >= 0.3 is 19.0 Å². The zero-order chi connectivity index (χ0) is 27.8. The second-order valence-corrected chi connectivity index (χ2v) is 11.0. The number of aromatic amines is 2. The van der Waals surface area contributed by atoms with Gasteiger partial charge in [-0.15, -0.1) is 0 Å². The topological polar surface area (TPSA) is 244 Å². The van der Waals surface area contributed by atoms with Crippen LogP contribution in [0.1, 0.15) is 36.4 Å². The summed E-state index contributed by atoms with van der Waals surface area (Å²) >= 11 is 0. The fourth-order valence-electron chi connectivity index (χ4n) is 4.47. The van der Waals surface area contributed by atoms with Crippen LogP contribution in [0.3, 0.4) is 0 Å². The maximum Gasteiger partial charge on any atom is 0.331 e. The Hall–Kier alpha value is -3.30. The van der Waals surface area contributed by atoms with Crippen LogP contribution in [0.5, 0.6) is 0 Å². The summed E-state index contributed by atoms with van der Waals surface area (Å²) in [4.78, 5) is 65.5. The van der Waals surface area contributed by atoms with Crippen molar-refractivity contribution in [1.82, 2.24) is 19.1 Å². The van der Waals surface area contributed by atoms with Crippen LogP contribution >= 0.6 is 7.60 Å². The minimum atomic E-state index is -4.49. The number of H-pyrrole nitrogens is 2. The fraction of sp³-hybridized carbons (Fsp3) is 0.600. The quantitative estimate of drug-likeness (QED) is 0.141. The third kappa shape index (κ3) is 5.73. The lowest BCUT2D eigenvalue weighted by Gasteiger charge is -2.23. The minimum absolute atomic E-state index is 0.0114. The van der Waals surface area contributed by atoms with E-state index in [-0.39, 0.29) is 24.0 Å². The molecule has 17 nitrogen and oxygen atoms in total. The second kappa shape index (κ2) is 10.8. The molecule has 18 heteroatoms. The van der Waals surface area contributed by atoms with Crippen LogP contribution in [0.25, 0.3) is 10.4 Å². The van der Waals surface area contributed by atoms with Gasteiger partial charge in [0.1, 0.15) is 18.6 Å². The van der Waals surface area contributed by atoms with Gasteiger partial charge in [0.05, 0.1) is 31.0 Å². The third-order valence-electron chi connectivity index (χ3n) is 6.39. The van der Waals surface area contributed by atoms with Crippen LogP contribution in [0.15, 0.2) is 36.7 Å². The van der Waals surface area contributed by atoms with Crippen molar-refractivity contribution in [2.24, 2.45) is 5.11 Å². The molecule has 0 aliphatic carbocycles. The van der Waals surface area contributed by atoms with Crippen molar-refractivity contribution in [2.45, 2.75) is 63.5 Å². The van der Waals surface area contributed by atoms with Gasteiger partial charge < -0.3 is 24.0 Å². The molecule has 2 aliphatic heterocycles. The van der Waals surface area contributed by atoms with Crippen molar-refractivity contribution in [3.8, 4) is 0 Å². The summed E-state index contributed by atoms with van der Waals surface area (Å²) in [7, 11) is -4.49. The number of nitrogens with zero attached hydrogens (tertiary/aromatic N) is 5. The predicted octanol–water partition coefficient (Wildman–Crippen LogP) is -0.480. The molecule has 0 saturated carbocycles. The van der Waals surface area contributed by atoms with Gasteiger partial charge in [-0.3, -0.25) is 33.3 Å². The maximum absolute atomic E-state index is 13.1. The van der Waals surface area contributed by atoms with Gasteiger partial charge in [-0.2, -0.15) is 0 Å². The highest BCUT2D eigenvalue weighted by molar-refractivity contribution is 7.52. The van der Waals surface area contributed by atoms with E-state index < -0.39 is 79.7 Å². The Morgan fingerprint density at radius 3 is 2.11 bits per heavy atom. The first-order valence-corrected chi connectivity index (χ1v) is 13.3. The number of aromatic nitrogens is 4. The van der Waals surface area contributed by atoms with Crippen LogP contribution in [0, 0.1) is 13.8 Å². The summed E-state index contributed by atoms with van der Waals surface area (Å²) in [5.41, 5.74) is 6.76. The summed E-state index contributed by atoms with van der Waals surface area (Å²) in [5.74, 6) is 0. The van der Waals surface area contributed by atoms with Gasteiger partial charge in [-0.25, -0.2) is 9.59 Å². The number of ether oxygens (including phenoxy) is 2. The first kappa shape index (κ1) is 27.7. The SMILES string of the molecule is Cc1cn([C@H]2CC(N=[N+]=[N-])[C@@H](CP(=O)(O)O[C@H]3C[C@H](n4cc(C)c(=O)[nH]c4=O)O[C@@H]3CO)O2)c(=O)[nH]c1=O. The van der Waals surface area contributed by atoms with Crippen molar-refractivity contribution in [2.75, 3.05) is 12.8 Å². The second-order valence-electron chi connectivity index (χ2n) is 9.11. The van der Waals surface area contributed by atoms with Gasteiger partial charge in [0.15, 0.2) is 0 Å². The van der Waals surface area contributed by atoms with Crippen molar-refractivity contribution in [3.63, 3.8) is 0 Å². The highest BCUT2D eigenvalue weighted by Crippen LogP contribution is 2.50. The first-order chi connectivity index (χ1) is 17.9. The largest absolute Gasteiger partial charge is 0.394 e. The summed E-state index contributed by atoms with van der Waals surface area (Å²) in [5, 5.41) is 13.4. The number of nitrogens with one attached hydrogen (secondary N) is 2. The molecule has 2 unspecified atom stereocenters. The Morgan fingerprint density at radius 1 is 1.05 bits per heavy atom. The average Bonchev–Trinajstić information content (AvgIpc) is 3.41. The van der Waals surface area contributed by atoms with E-state index in [2.05, 4.69) is 20.0 Å². The van der Waals surface area contributed by atoms with Crippen LogP contribution < -0.4 is 22.5 Å². The van der Waals surface area contributed by atoms with E-state index in [4.69, 9.17) is 19.5 Å². The van der Waals surface area contributed by atoms with E-state index in [1.165, 1.54) is 26.2 Å². The molecule has 38 heavy (non-hydrogen) atoms. The predicted molar refractivity (Wildman–Crippen MR) is 129 cm³/mol. The number of aliphatic hydroxyl groups is 1. The van der Waals surface area contributed by atoms with E-state index in [0.717, 1.165) is 9.13 Å². The van der Waals surface area contributed by atoms with Crippen molar-refractivity contribution in [1.29, 1.82) is 0 Å². The Bertz CT molecular complexity index is 1540.